The number of nitrogens with zero attached hydrogens (tertiary/aromatic N) is 1. The number of hydrogen-bond donors (Lipinski definition) is 1. The zero-order chi connectivity index (χ0) is 37.6. The van der Waals surface area contributed by atoms with Gasteiger partial charge in [-0.3, -0.25) is 0 Å². The predicted molar refractivity (Wildman–Crippen MR) is 246 cm³/mol. The van der Waals surface area contributed by atoms with Gasteiger partial charge in [0.05, 0.1) is 0 Å². The first kappa shape index (κ1) is 44.4. The summed E-state index contributed by atoms with van der Waals surface area (Å²) in [5, 5.41) is 9.84. The molecular weight excluding hydrogens is 691 g/mol. The predicted octanol–water partition coefficient (Wildman–Crippen LogP) is 12.2. The average molecular weight is 765 g/mol. The molecule has 0 radical (unpaired) electrons. The standard InChI is InChI=1S/C50H74N2P2/c1-2-52(43-30-14-10-6-4-8-12-16-32-46-54(49-37-25-19-26-38-49)50-39-27-20-28-40-50)44-42-51-41-29-13-9-5-3-7-11-15-31-45-53(47-33-21-17-22-34-47)48-35-23-18-24-36-48/h17-28,33-40,51H,2-16,29-32,41-46H2,1H3. The van der Waals surface area contributed by atoms with E-state index < -0.39 is 0 Å². The summed E-state index contributed by atoms with van der Waals surface area (Å²) in [6, 6.07) is 44.8. The van der Waals surface area contributed by atoms with Crippen molar-refractivity contribution in [3.8, 4) is 0 Å². The highest BCUT2D eigenvalue weighted by atomic mass is 31.1. The Morgan fingerprint density at radius 1 is 0.352 bits per heavy atom. The molecule has 2 nitrogen and oxygen atoms in total. The van der Waals surface area contributed by atoms with Gasteiger partial charge in [0, 0.05) is 13.1 Å². The molecule has 4 aromatic carbocycles. The maximum atomic E-state index is 3.73. The van der Waals surface area contributed by atoms with Crippen molar-refractivity contribution in [1.82, 2.24) is 10.2 Å². The van der Waals surface area contributed by atoms with Gasteiger partial charge in [0.25, 0.3) is 0 Å². The van der Waals surface area contributed by atoms with Crippen LogP contribution in [0.1, 0.15) is 122 Å². The van der Waals surface area contributed by atoms with Crippen LogP contribution in [0.4, 0.5) is 0 Å². The molecule has 0 unspecified atom stereocenters. The minimum absolute atomic E-state index is 0.222. The van der Waals surface area contributed by atoms with Crippen LogP contribution < -0.4 is 26.5 Å². The minimum Gasteiger partial charge on any atom is -0.315 e. The van der Waals surface area contributed by atoms with Crippen LogP contribution in [-0.2, 0) is 0 Å². The molecule has 0 aliphatic heterocycles. The highest BCUT2D eigenvalue weighted by Crippen LogP contribution is 2.36. The molecule has 0 aromatic heterocycles. The third kappa shape index (κ3) is 19.0. The van der Waals surface area contributed by atoms with Crippen LogP contribution in [0.2, 0.25) is 0 Å². The number of rotatable bonds is 32. The van der Waals surface area contributed by atoms with Gasteiger partial charge in [-0.05, 0) is 94.7 Å². The second-order valence-corrected chi connectivity index (χ2v) is 19.9. The lowest BCUT2D eigenvalue weighted by molar-refractivity contribution is 0.279. The lowest BCUT2D eigenvalue weighted by Crippen LogP contribution is -2.33. The van der Waals surface area contributed by atoms with Crippen molar-refractivity contribution in [2.45, 2.75) is 122 Å². The normalized spacial score (nSPS) is 11.6. The lowest BCUT2D eigenvalue weighted by atomic mass is 10.1. The molecule has 54 heavy (non-hydrogen) atoms. The number of unbranched alkanes of at least 4 members (excludes halogenated alkanes) is 16. The fourth-order valence-electron chi connectivity index (χ4n) is 7.64. The lowest BCUT2D eigenvalue weighted by Gasteiger charge is -2.20. The van der Waals surface area contributed by atoms with Crippen molar-refractivity contribution in [2.24, 2.45) is 0 Å². The van der Waals surface area contributed by atoms with Crippen LogP contribution in [0.5, 0.6) is 0 Å². The number of likely N-dealkylation sites (N-methyl/N-ethyl adjacent to an activating group) is 1. The molecule has 4 heteroatoms. The SMILES string of the molecule is CCN(CCCCCCCCCCCP(c1ccccc1)c1ccccc1)CCNCCCCCCCCCCCP(c1ccccc1)c1ccccc1. The van der Waals surface area contributed by atoms with E-state index in [2.05, 4.69) is 138 Å². The number of benzene rings is 4. The van der Waals surface area contributed by atoms with Crippen molar-refractivity contribution in [2.75, 3.05) is 45.0 Å². The summed E-state index contributed by atoms with van der Waals surface area (Å²) in [4.78, 5) is 2.65. The summed E-state index contributed by atoms with van der Waals surface area (Å²) < 4.78 is 0. The maximum Gasteiger partial charge on any atom is 0.0107 e. The smallest absolute Gasteiger partial charge is 0.0107 e. The van der Waals surface area contributed by atoms with Crippen molar-refractivity contribution in [3.05, 3.63) is 121 Å². The van der Waals surface area contributed by atoms with E-state index in [1.807, 2.05) is 0 Å². The Morgan fingerprint density at radius 2 is 0.667 bits per heavy atom. The van der Waals surface area contributed by atoms with Crippen LogP contribution in [-0.4, -0.2) is 49.9 Å². The summed E-state index contributed by atoms with van der Waals surface area (Å²) in [5.41, 5.74) is 0. The van der Waals surface area contributed by atoms with Gasteiger partial charge in [-0.15, -0.1) is 0 Å². The maximum absolute atomic E-state index is 3.73. The van der Waals surface area contributed by atoms with E-state index in [-0.39, 0.29) is 15.8 Å². The van der Waals surface area contributed by atoms with Crippen molar-refractivity contribution < 1.29 is 0 Å². The molecule has 0 aliphatic rings. The monoisotopic (exact) mass is 765 g/mol. The summed E-state index contributed by atoms with van der Waals surface area (Å²) in [6.07, 6.45) is 27.7. The molecule has 0 saturated heterocycles. The van der Waals surface area contributed by atoms with Crippen LogP contribution in [0.25, 0.3) is 0 Å². The van der Waals surface area contributed by atoms with Gasteiger partial charge >= 0.3 is 0 Å². The van der Waals surface area contributed by atoms with Crippen LogP contribution >= 0.6 is 15.8 Å². The van der Waals surface area contributed by atoms with E-state index in [0.717, 1.165) is 6.54 Å². The molecule has 294 valence electrons. The minimum atomic E-state index is -0.223. The Hall–Kier alpha value is -2.34. The topological polar surface area (TPSA) is 15.3 Å². The van der Waals surface area contributed by atoms with Gasteiger partial charge in [0.15, 0.2) is 0 Å². The van der Waals surface area contributed by atoms with Crippen molar-refractivity contribution in [1.29, 1.82) is 0 Å². The van der Waals surface area contributed by atoms with E-state index in [1.54, 1.807) is 0 Å². The molecule has 0 atom stereocenters. The molecule has 4 rings (SSSR count). The molecule has 0 saturated carbocycles. The van der Waals surface area contributed by atoms with Crippen LogP contribution in [0.15, 0.2) is 121 Å². The first-order valence-electron chi connectivity index (χ1n) is 22.0. The molecule has 0 bridgehead atoms. The molecule has 1 N–H and O–H groups in total. The number of nitrogens with one attached hydrogen (secondary N) is 1. The second kappa shape index (κ2) is 29.9. The van der Waals surface area contributed by atoms with Crippen molar-refractivity contribution >= 4 is 37.1 Å². The molecule has 0 amide bonds. The van der Waals surface area contributed by atoms with Crippen molar-refractivity contribution in [3.63, 3.8) is 0 Å². The molecule has 0 fully saturated rings. The molecule has 0 spiro atoms. The average Bonchev–Trinajstić information content (AvgIpc) is 3.23. The second-order valence-electron chi connectivity index (χ2n) is 15.2. The Balaban J connectivity index is 0.890. The van der Waals surface area contributed by atoms with Gasteiger partial charge in [0.1, 0.15) is 0 Å². The first-order chi connectivity index (χ1) is 26.8. The Kier molecular flexibility index (Phi) is 24.6. The van der Waals surface area contributed by atoms with E-state index in [4.69, 9.17) is 0 Å². The van der Waals surface area contributed by atoms with Gasteiger partial charge in [-0.2, -0.15) is 0 Å². The quantitative estimate of drug-likeness (QED) is 0.0393. The molecule has 0 aliphatic carbocycles. The van der Waals surface area contributed by atoms with E-state index in [9.17, 15) is 0 Å². The fraction of sp³-hybridized carbons (Fsp3) is 0.520. The van der Waals surface area contributed by atoms with Crippen LogP contribution in [0.3, 0.4) is 0 Å². The Morgan fingerprint density at radius 3 is 1.02 bits per heavy atom. The van der Waals surface area contributed by atoms with E-state index in [1.165, 1.54) is 175 Å². The molecular formula is C50H74N2P2. The highest BCUT2D eigenvalue weighted by molar-refractivity contribution is 7.73. The highest BCUT2D eigenvalue weighted by Gasteiger charge is 2.14. The largest absolute Gasteiger partial charge is 0.315 e. The first-order valence-corrected chi connectivity index (χ1v) is 25.1. The van der Waals surface area contributed by atoms with E-state index >= 15 is 0 Å². The van der Waals surface area contributed by atoms with Gasteiger partial charge in [-0.1, -0.05) is 218 Å². The number of hydrogen-bond acceptors (Lipinski definition) is 2. The summed E-state index contributed by atoms with van der Waals surface area (Å²) in [5.74, 6) is 0. The third-order valence-corrected chi connectivity index (χ3v) is 16.1. The van der Waals surface area contributed by atoms with E-state index in [0.29, 0.717) is 0 Å². The third-order valence-electron chi connectivity index (χ3n) is 10.9. The van der Waals surface area contributed by atoms with Crippen LogP contribution in [0, 0.1) is 0 Å². The zero-order valence-corrected chi connectivity index (χ0v) is 35.9. The Bertz CT molecular complexity index is 1320. The molecule has 4 aromatic rings. The summed E-state index contributed by atoms with van der Waals surface area (Å²) in [6.45, 7) is 8.31. The molecule has 0 heterocycles. The van der Waals surface area contributed by atoms with Gasteiger partial charge in [0.2, 0.25) is 0 Å². The zero-order valence-electron chi connectivity index (χ0n) is 34.1. The summed E-state index contributed by atoms with van der Waals surface area (Å²) in [7, 11) is -0.445. The van der Waals surface area contributed by atoms with Gasteiger partial charge in [-0.25, -0.2) is 0 Å². The Labute approximate surface area is 334 Å². The fourth-order valence-corrected chi connectivity index (χ4v) is 12.5. The summed E-state index contributed by atoms with van der Waals surface area (Å²) >= 11 is 0. The van der Waals surface area contributed by atoms with Gasteiger partial charge < -0.3 is 10.2 Å².